The van der Waals surface area contributed by atoms with Gasteiger partial charge in [-0.15, -0.1) is 0 Å². The molecule has 0 saturated carbocycles. The van der Waals surface area contributed by atoms with Crippen molar-refractivity contribution in [2.45, 2.75) is 92.8 Å². The van der Waals surface area contributed by atoms with E-state index >= 15 is 4.39 Å². The van der Waals surface area contributed by atoms with Gasteiger partial charge in [0, 0.05) is 53.1 Å². The third kappa shape index (κ3) is 10.5. The van der Waals surface area contributed by atoms with Crippen LogP contribution in [0.4, 0.5) is 9.18 Å². The van der Waals surface area contributed by atoms with Crippen LogP contribution in [0.1, 0.15) is 72.7 Å². The highest BCUT2D eigenvalue weighted by Gasteiger charge is 2.23. The summed E-state index contributed by atoms with van der Waals surface area (Å²) in [5.41, 5.74) is 7.07. The Labute approximate surface area is 357 Å². The largest absolute Gasteiger partial charge is 0.493 e. The molecule has 2 aromatic carbocycles. The molecule has 0 unspecified atom stereocenters. The van der Waals surface area contributed by atoms with E-state index in [0.717, 1.165) is 22.7 Å². The zero-order valence-electron chi connectivity index (χ0n) is 36.2. The van der Waals surface area contributed by atoms with Gasteiger partial charge in [-0.25, -0.2) is 9.18 Å². The molecule has 0 fully saturated rings. The van der Waals surface area contributed by atoms with Gasteiger partial charge in [-0.1, -0.05) is 27.7 Å². The van der Waals surface area contributed by atoms with Crippen LogP contribution in [0, 0.1) is 31.5 Å². The number of benzene rings is 2. The van der Waals surface area contributed by atoms with Gasteiger partial charge in [-0.2, -0.15) is 0 Å². The van der Waals surface area contributed by atoms with Gasteiger partial charge in [-0.05, 0) is 99.5 Å². The fourth-order valence-corrected chi connectivity index (χ4v) is 7.76. The number of fused-ring (bicyclic) bond motifs is 6. The molecule has 13 nitrogen and oxygen atoms in total. The Morgan fingerprint density at radius 1 is 0.900 bits per heavy atom. The summed E-state index contributed by atoms with van der Waals surface area (Å²) in [4.78, 5) is 48.8. The predicted octanol–water partition coefficient (Wildman–Crippen LogP) is 8.76. The van der Waals surface area contributed by atoms with Gasteiger partial charge in [0.05, 0.1) is 50.8 Å². The van der Waals surface area contributed by atoms with Crippen LogP contribution in [-0.4, -0.2) is 63.6 Å². The summed E-state index contributed by atoms with van der Waals surface area (Å²) in [6.07, 6.45) is 4.32. The van der Waals surface area contributed by atoms with E-state index in [1.807, 2.05) is 45.9 Å². The molecule has 322 valence electrons. The second-order valence-corrected chi connectivity index (χ2v) is 17.7. The molecule has 0 radical (unpaired) electrons. The predicted molar refractivity (Wildman–Crippen MR) is 239 cm³/mol. The van der Waals surface area contributed by atoms with Crippen molar-refractivity contribution >= 4 is 65.4 Å². The summed E-state index contributed by atoms with van der Waals surface area (Å²) >= 11 is 3.38. The van der Waals surface area contributed by atoms with Crippen molar-refractivity contribution in [2.75, 3.05) is 20.3 Å². The van der Waals surface area contributed by atoms with Crippen molar-refractivity contribution in [3.8, 4) is 17.2 Å². The molecular weight excluding hydrogens is 835 g/mol. The van der Waals surface area contributed by atoms with Gasteiger partial charge >= 0.3 is 6.09 Å². The zero-order valence-corrected chi connectivity index (χ0v) is 37.8. The number of nitrogens with one attached hydrogen (secondary N) is 2. The second kappa shape index (κ2) is 19.0. The number of hydrogen-bond acceptors (Lipinski definition) is 10. The maximum Gasteiger partial charge on any atom is 0.407 e. The van der Waals surface area contributed by atoms with Gasteiger partial charge in [0.2, 0.25) is 0 Å². The summed E-state index contributed by atoms with van der Waals surface area (Å²) in [6, 6.07) is 8.54. The van der Waals surface area contributed by atoms with Gasteiger partial charge in [0.1, 0.15) is 18.8 Å². The number of aromatic amines is 1. The number of amides is 1. The molecule has 6 aromatic rings. The number of nitrogens with two attached hydrogens (primary N) is 1. The summed E-state index contributed by atoms with van der Waals surface area (Å²) in [6.45, 7) is 17.8. The molecule has 0 aliphatic carbocycles. The lowest BCUT2D eigenvalue weighted by molar-refractivity contribution is 0.0479. The molecule has 4 heterocycles. The van der Waals surface area contributed by atoms with Crippen LogP contribution in [0.25, 0.3) is 43.4 Å². The molecule has 0 spiro atoms. The van der Waals surface area contributed by atoms with Crippen molar-refractivity contribution in [1.29, 1.82) is 0 Å². The molecular formula is C45H56BrFN6O7. The highest BCUT2D eigenvalue weighted by molar-refractivity contribution is 9.10. The van der Waals surface area contributed by atoms with Crippen LogP contribution >= 0.6 is 15.9 Å². The lowest BCUT2D eigenvalue weighted by Crippen LogP contribution is -2.42. The number of aromatic nitrogens is 4. The molecule has 1 amide bonds. The molecule has 0 saturated heterocycles. The monoisotopic (exact) mass is 890 g/mol. The SMILES string of the molecule is COc1cc2c3ccnc(C)c3c(=O)n(C)c2cc1OC[C@H](CC(C)C)NC(=O)OC(C)(C)C.Cc1nccc2c1c(=O)[nH]c1c(F)c(OC[C@@H](N)CC(C)C)c(Br)cc12. The molecule has 0 bridgehead atoms. The Morgan fingerprint density at radius 2 is 1.52 bits per heavy atom. The highest BCUT2D eigenvalue weighted by Crippen LogP contribution is 2.37. The van der Waals surface area contributed by atoms with E-state index < -0.39 is 17.5 Å². The van der Waals surface area contributed by atoms with Crippen LogP contribution in [0.2, 0.25) is 0 Å². The summed E-state index contributed by atoms with van der Waals surface area (Å²) in [5.74, 6) is 1.25. The number of halogens is 2. The second-order valence-electron chi connectivity index (χ2n) is 16.9. The molecule has 0 aliphatic heterocycles. The van der Waals surface area contributed by atoms with Crippen molar-refractivity contribution in [1.82, 2.24) is 24.8 Å². The number of carbonyl (C=O) groups excluding carboxylic acids is 1. The number of H-pyrrole nitrogens is 1. The number of alkyl carbamates (subject to hydrolysis) is 1. The van der Waals surface area contributed by atoms with Crippen LogP contribution in [0.15, 0.2) is 56.8 Å². The number of hydrogen-bond donors (Lipinski definition) is 3. The summed E-state index contributed by atoms with van der Waals surface area (Å²) < 4.78 is 39.9. The van der Waals surface area contributed by atoms with Crippen LogP contribution in [0.5, 0.6) is 17.2 Å². The normalized spacial score (nSPS) is 12.8. The zero-order chi connectivity index (χ0) is 44.2. The smallest absolute Gasteiger partial charge is 0.407 e. The van der Waals surface area contributed by atoms with Gasteiger partial charge in [0.15, 0.2) is 23.1 Å². The lowest BCUT2D eigenvalue weighted by atomic mass is 10.0. The maximum absolute atomic E-state index is 15.1. The number of ether oxygens (including phenoxy) is 4. The number of pyridine rings is 4. The third-order valence-electron chi connectivity index (χ3n) is 9.80. The third-order valence-corrected chi connectivity index (χ3v) is 10.4. The fraction of sp³-hybridized carbons (Fsp3) is 0.444. The van der Waals surface area contributed by atoms with E-state index in [1.54, 1.807) is 50.2 Å². The average Bonchev–Trinajstić information content (AvgIpc) is 3.15. The van der Waals surface area contributed by atoms with Gasteiger partial charge < -0.3 is 39.5 Å². The minimum atomic E-state index is -0.611. The van der Waals surface area contributed by atoms with Gasteiger partial charge in [-0.3, -0.25) is 19.6 Å². The average molecular weight is 892 g/mol. The molecule has 2 atom stereocenters. The van der Waals surface area contributed by atoms with E-state index in [2.05, 4.69) is 63.9 Å². The van der Waals surface area contributed by atoms with E-state index in [-0.39, 0.29) is 47.7 Å². The molecule has 0 aliphatic rings. The first kappa shape index (κ1) is 45.8. The molecule has 6 rings (SSSR count). The van der Waals surface area contributed by atoms with E-state index in [0.29, 0.717) is 67.2 Å². The minimum absolute atomic E-state index is 0.0532. The Kier molecular flexibility index (Phi) is 14.5. The standard InChI is InChI=1S/C26H35N3O5.C19H21BrFN3O2/c1-15(2)11-17(28-25(31)34-26(4,5)6)14-33-22-13-20-19(12-21(22)32-8)18-9-10-27-16(3)23(18)24(30)29(20)7;1-9(2)6-11(22)8-26-18-14(20)7-13-12-4-5-23-10(3)15(12)19(25)24-17(13)16(18)21/h9-10,12-13,15,17H,11,14H2,1-8H3,(H,28,31);4-5,7,9,11H,6,8,22H2,1-3H3,(H,24,25)/t17-;11-/m00/s1. The quantitative estimate of drug-likeness (QED) is 0.101. The number of aryl methyl sites for hydroxylation is 3. The first-order valence-corrected chi connectivity index (χ1v) is 20.8. The number of methoxy groups -OCH3 is 1. The molecule has 4 N–H and O–H groups in total. The van der Waals surface area contributed by atoms with Crippen LogP contribution < -0.4 is 36.4 Å². The van der Waals surface area contributed by atoms with E-state index in [9.17, 15) is 14.4 Å². The van der Waals surface area contributed by atoms with Crippen molar-refractivity contribution < 1.29 is 28.1 Å². The van der Waals surface area contributed by atoms with Crippen molar-refractivity contribution in [2.24, 2.45) is 24.6 Å². The number of carbonyl (C=O) groups is 1. The number of nitrogens with zero attached hydrogens (tertiary/aromatic N) is 3. The maximum atomic E-state index is 15.1. The summed E-state index contributed by atoms with van der Waals surface area (Å²) in [5, 5.41) is 6.89. The first-order chi connectivity index (χ1) is 28.2. The van der Waals surface area contributed by atoms with Gasteiger partial charge in [0.25, 0.3) is 11.1 Å². The number of rotatable bonds is 12. The minimum Gasteiger partial charge on any atom is -0.493 e. The lowest BCUT2D eigenvalue weighted by Gasteiger charge is -2.25. The molecule has 15 heteroatoms. The van der Waals surface area contributed by atoms with E-state index in [4.69, 9.17) is 24.7 Å². The Morgan fingerprint density at radius 3 is 2.12 bits per heavy atom. The van der Waals surface area contributed by atoms with E-state index in [1.165, 1.54) is 0 Å². The Bertz CT molecular complexity index is 2660. The van der Waals surface area contributed by atoms with Crippen LogP contribution in [-0.2, 0) is 11.8 Å². The fourth-order valence-electron chi connectivity index (χ4n) is 7.24. The van der Waals surface area contributed by atoms with Crippen molar-refractivity contribution in [3.63, 3.8) is 0 Å². The summed E-state index contributed by atoms with van der Waals surface area (Å²) in [7, 11) is 3.31. The van der Waals surface area contributed by atoms with Crippen LogP contribution in [0.3, 0.4) is 0 Å². The Balaban J connectivity index is 0.000000236. The highest BCUT2D eigenvalue weighted by atomic mass is 79.9. The molecule has 4 aromatic heterocycles. The topological polar surface area (TPSA) is 173 Å². The Hall–Kier alpha value is -5.28. The van der Waals surface area contributed by atoms with Crippen molar-refractivity contribution in [3.05, 3.63) is 85.1 Å². The first-order valence-electron chi connectivity index (χ1n) is 20.0. The molecule has 60 heavy (non-hydrogen) atoms.